The summed E-state index contributed by atoms with van der Waals surface area (Å²) in [5, 5.41) is 5.92. The Kier molecular flexibility index (Phi) is 6.60. The number of carbonyl (C=O) groups excluding carboxylic acids is 1. The van der Waals surface area contributed by atoms with E-state index in [9.17, 15) is 4.79 Å². The van der Waals surface area contributed by atoms with Gasteiger partial charge < -0.3 is 15.4 Å². The van der Waals surface area contributed by atoms with Crippen LogP contribution < -0.4 is 10.6 Å². The van der Waals surface area contributed by atoms with Gasteiger partial charge >= 0.3 is 0 Å². The molecule has 0 aliphatic carbocycles. The minimum absolute atomic E-state index is 0.0307. The number of nitrogens with one attached hydrogen (secondary N) is 2. The highest BCUT2D eigenvalue weighted by Gasteiger charge is 2.06. The molecule has 1 aromatic carbocycles. The van der Waals surface area contributed by atoms with Gasteiger partial charge in [-0.2, -0.15) is 0 Å². The first kappa shape index (κ1) is 14.9. The van der Waals surface area contributed by atoms with Gasteiger partial charge in [0.1, 0.15) is 0 Å². The molecule has 0 radical (unpaired) electrons. The molecule has 0 saturated carbocycles. The minimum atomic E-state index is -0.0338. The van der Waals surface area contributed by atoms with Gasteiger partial charge in [0, 0.05) is 23.7 Å². The Morgan fingerprint density at radius 1 is 1.39 bits per heavy atom. The first-order valence-corrected chi connectivity index (χ1v) is 7.04. The Labute approximate surface area is 112 Å². The SMILES string of the molecule is COCC(C)NC(=O)CNc1ccc(SC)cc1. The summed E-state index contributed by atoms with van der Waals surface area (Å²) in [4.78, 5) is 12.8. The van der Waals surface area contributed by atoms with E-state index in [2.05, 4.69) is 10.6 Å². The van der Waals surface area contributed by atoms with Crippen LogP contribution in [-0.2, 0) is 9.53 Å². The van der Waals surface area contributed by atoms with E-state index >= 15 is 0 Å². The highest BCUT2D eigenvalue weighted by atomic mass is 32.2. The number of methoxy groups -OCH3 is 1. The number of amides is 1. The molecular formula is C13H20N2O2S. The highest BCUT2D eigenvalue weighted by Crippen LogP contribution is 2.17. The molecule has 1 amide bonds. The van der Waals surface area contributed by atoms with Gasteiger partial charge in [-0.25, -0.2) is 0 Å². The number of hydrogen-bond donors (Lipinski definition) is 2. The quantitative estimate of drug-likeness (QED) is 0.742. The number of rotatable bonds is 7. The van der Waals surface area contributed by atoms with E-state index in [-0.39, 0.29) is 18.5 Å². The first-order valence-electron chi connectivity index (χ1n) is 5.82. The molecule has 0 aliphatic rings. The third-order valence-corrected chi connectivity index (χ3v) is 3.11. The molecule has 100 valence electrons. The standard InChI is InChI=1S/C13H20N2O2S/c1-10(9-17-2)15-13(16)8-14-11-4-6-12(18-3)7-5-11/h4-7,10,14H,8-9H2,1-3H3,(H,15,16). The van der Waals surface area contributed by atoms with Crippen LogP contribution in [0.2, 0.25) is 0 Å². The van der Waals surface area contributed by atoms with Crippen LogP contribution in [0.1, 0.15) is 6.92 Å². The zero-order chi connectivity index (χ0) is 13.4. The van der Waals surface area contributed by atoms with E-state index in [1.807, 2.05) is 37.4 Å². The Balaban J connectivity index is 2.33. The molecule has 0 fully saturated rings. The summed E-state index contributed by atoms with van der Waals surface area (Å²) in [6.07, 6.45) is 2.03. The molecule has 1 rings (SSSR count). The normalized spacial score (nSPS) is 11.9. The number of anilines is 1. The Morgan fingerprint density at radius 2 is 2.06 bits per heavy atom. The Hall–Kier alpha value is -1.20. The van der Waals surface area contributed by atoms with Crippen LogP contribution in [0.4, 0.5) is 5.69 Å². The van der Waals surface area contributed by atoms with Crippen molar-refractivity contribution in [3.8, 4) is 0 Å². The lowest BCUT2D eigenvalue weighted by Crippen LogP contribution is -2.39. The summed E-state index contributed by atoms with van der Waals surface area (Å²) in [5.41, 5.74) is 0.947. The third kappa shape index (κ3) is 5.42. The predicted octanol–water partition coefficient (Wildman–Crippen LogP) is 1.97. The van der Waals surface area contributed by atoms with Crippen molar-refractivity contribution in [3.63, 3.8) is 0 Å². The summed E-state index contributed by atoms with van der Waals surface area (Å²) in [6, 6.07) is 8.02. The van der Waals surface area contributed by atoms with Crippen molar-refractivity contribution in [3.05, 3.63) is 24.3 Å². The molecule has 1 unspecified atom stereocenters. The molecule has 0 heterocycles. The van der Waals surface area contributed by atoms with Crippen LogP contribution in [0.25, 0.3) is 0 Å². The van der Waals surface area contributed by atoms with Crippen LogP contribution in [0, 0.1) is 0 Å². The average molecular weight is 268 g/mol. The average Bonchev–Trinajstić information content (AvgIpc) is 2.37. The molecule has 4 nitrogen and oxygen atoms in total. The maximum Gasteiger partial charge on any atom is 0.239 e. The molecule has 0 saturated heterocycles. The zero-order valence-corrected chi connectivity index (χ0v) is 11.8. The number of hydrogen-bond acceptors (Lipinski definition) is 4. The van der Waals surface area contributed by atoms with Crippen molar-refractivity contribution >= 4 is 23.4 Å². The van der Waals surface area contributed by atoms with Gasteiger partial charge in [0.2, 0.25) is 5.91 Å². The second kappa shape index (κ2) is 8.00. The molecule has 0 bridgehead atoms. The lowest BCUT2D eigenvalue weighted by Gasteiger charge is -2.13. The molecule has 18 heavy (non-hydrogen) atoms. The van der Waals surface area contributed by atoms with Crippen LogP contribution in [-0.4, -0.2) is 38.5 Å². The number of benzene rings is 1. The van der Waals surface area contributed by atoms with Gasteiger partial charge in [0.15, 0.2) is 0 Å². The predicted molar refractivity (Wildman–Crippen MR) is 76.2 cm³/mol. The number of thioether (sulfide) groups is 1. The van der Waals surface area contributed by atoms with Gasteiger partial charge in [-0.15, -0.1) is 11.8 Å². The second-order valence-electron chi connectivity index (χ2n) is 4.01. The Bertz CT molecular complexity index is 368. The lowest BCUT2D eigenvalue weighted by molar-refractivity contribution is -0.120. The maximum absolute atomic E-state index is 11.6. The molecule has 0 aliphatic heterocycles. The summed E-state index contributed by atoms with van der Waals surface area (Å²) in [7, 11) is 1.62. The summed E-state index contributed by atoms with van der Waals surface area (Å²) < 4.78 is 4.96. The number of carbonyl (C=O) groups is 1. The van der Waals surface area contributed by atoms with Crippen LogP contribution in [0.15, 0.2) is 29.2 Å². The van der Waals surface area contributed by atoms with E-state index in [1.165, 1.54) is 4.90 Å². The zero-order valence-electron chi connectivity index (χ0n) is 11.0. The molecular weight excluding hydrogens is 248 g/mol. The van der Waals surface area contributed by atoms with Crippen LogP contribution in [0.5, 0.6) is 0 Å². The molecule has 1 aromatic rings. The van der Waals surface area contributed by atoms with E-state index < -0.39 is 0 Å². The van der Waals surface area contributed by atoms with Crippen molar-refractivity contribution < 1.29 is 9.53 Å². The van der Waals surface area contributed by atoms with Crippen molar-refractivity contribution in [1.29, 1.82) is 0 Å². The summed E-state index contributed by atoms with van der Waals surface area (Å²) in [5.74, 6) is -0.0338. The largest absolute Gasteiger partial charge is 0.383 e. The monoisotopic (exact) mass is 268 g/mol. The summed E-state index contributed by atoms with van der Waals surface area (Å²) in [6.45, 7) is 2.70. The van der Waals surface area contributed by atoms with Crippen molar-refractivity contribution in [2.45, 2.75) is 17.9 Å². The fourth-order valence-corrected chi connectivity index (χ4v) is 1.92. The fourth-order valence-electron chi connectivity index (χ4n) is 1.51. The highest BCUT2D eigenvalue weighted by molar-refractivity contribution is 7.98. The smallest absolute Gasteiger partial charge is 0.239 e. The molecule has 0 aromatic heterocycles. The molecule has 0 spiro atoms. The van der Waals surface area contributed by atoms with Crippen molar-refractivity contribution in [2.75, 3.05) is 31.8 Å². The van der Waals surface area contributed by atoms with Gasteiger partial charge in [-0.3, -0.25) is 4.79 Å². The Morgan fingerprint density at radius 3 is 2.61 bits per heavy atom. The van der Waals surface area contributed by atoms with E-state index in [4.69, 9.17) is 4.74 Å². The first-order chi connectivity index (χ1) is 8.65. The molecule has 1 atom stereocenters. The van der Waals surface area contributed by atoms with Crippen LogP contribution >= 0.6 is 11.8 Å². The van der Waals surface area contributed by atoms with Gasteiger partial charge in [-0.05, 0) is 37.4 Å². The number of ether oxygens (including phenoxy) is 1. The topological polar surface area (TPSA) is 50.4 Å². The van der Waals surface area contributed by atoms with Crippen molar-refractivity contribution in [1.82, 2.24) is 5.32 Å². The van der Waals surface area contributed by atoms with E-state index in [0.29, 0.717) is 6.61 Å². The minimum Gasteiger partial charge on any atom is -0.383 e. The van der Waals surface area contributed by atoms with E-state index in [0.717, 1.165) is 5.69 Å². The maximum atomic E-state index is 11.6. The van der Waals surface area contributed by atoms with E-state index in [1.54, 1.807) is 18.9 Å². The lowest BCUT2D eigenvalue weighted by atomic mass is 10.3. The van der Waals surface area contributed by atoms with Gasteiger partial charge in [0.05, 0.1) is 13.2 Å². The van der Waals surface area contributed by atoms with Crippen LogP contribution in [0.3, 0.4) is 0 Å². The molecule has 2 N–H and O–H groups in total. The second-order valence-corrected chi connectivity index (χ2v) is 4.89. The van der Waals surface area contributed by atoms with Gasteiger partial charge in [0.25, 0.3) is 0 Å². The molecule has 5 heteroatoms. The van der Waals surface area contributed by atoms with Gasteiger partial charge in [-0.1, -0.05) is 0 Å². The van der Waals surface area contributed by atoms with Crippen molar-refractivity contribution in [2.24, 2.45) is 0 Å². The summed E-state index contributed by atoms with van der Waals surface area (Å²) >= 11 is 1.69. The third-order valence-electron chi connectivity index (χ3n) is 2.37. The fraction of sp³-hybridized carbons (Fsp3) is 0.462.